The van der Waals surface area contributed by atoms with Crippen molar-refractivity contribution < 1.29 is 14.3 Å². The van der Waals surface area contributed by atoms with E-state index in [1.807, 2.05) is 25.3 Å². The third-order valence-electron chi connectivity index (χ3n) is 6.67. The molecule has 2 aromatic carbocycles. The van der Waals surface area contributed by atoms with Gasteiger partial charge in [0.05, 0.1) is 0 Å². The summed E-state index contributed by atoms with van der Waals surface area (Å²) in [5.74, 6) is -0.191. The molecule has 0 amide bonds. The average molecular weight is 505 g/mol. The number of ketones is 1. The Balaban J connectivity index is 1.70. The predicted octanol–water partition coefficient (Wildman–Crippen LogP) is 3.80. The number of aromatic nitrogens is 1. The summed E-state index contributed by atoms with van der Waals surface area (Å²) in [6, 6.07) is 18.9. The van der Waals surface area contributed by atoms with Crippen molar-refractivity contribution in [3.8, 4) is 0 Å². The standard InChI is InChI=1S/C27H26N2O3Se/c1-28-16-17(13-14-23(31)32-3)20-15-22(30)25-24(19-11-7-8-12-21(19)29(25)2)26(28)27(20)33-18-9-5-4-6-10-18/h4-14,16,20,26-27H,15H2,1-3H3/b14-13+/t20-,26-,27?/m0/s1. The zero-order valence-corrected chi connectivity index (χ0v) is 20.6. The molecule has 6 heteroatoms. The average Bonchev–Trinajstić information content (AvgIpc) is 3.07. The molecule has 0 fully saturated rings. The van der Waals surface area contributed by atoms with Crippen LogP contribution in [0.4, 0.5) is 0 Å². The number of carbonyl (C=O) groups is 2. The number of benzene rings is 2. The van der Waals surface area contributed by atoms with Gasteiger partial charge in [-0.3, -0.25) is 0 Å². The first-order chi connectivity index (χ1) is 16.0. The summed E-state index contributed by atoms with van der Waals surface area (Å²) in [6.45, 7) is 0. The van der Waals surface area contributed by atoms with E-state index in [9.17, 15) is 9.59 Å². The van der Waals surface area contributed by atoms with Crippen LogP contribution in [0.3, 0.4) is 0 Å². The number of fused-ring (bicyclic) bond motifs is 6. The van der Waals surface area contributed by atoms with E-state index in [4.69, 9.17) is 4.74 Å². The molecule has 1 aliphatic heterocycles. The summed E-state index contributed by atoms with van der Waals surface area (Å²) in [5, 5.41) is 1.15. The van der Waals surface area contributed by atoms with Crippen LogP contribution in [-0.2, 0) is 16.6 Å². The van der Waals surface area contributed by atoms with Crippen LogP contribution in [0.15, 0.2) is 78.5 Å². The van der Waals surface area contributed by atoms with E-state index in [0.29, 0.717) is 6.42 Å². The van der Waals surface area contributed by atoms with Gasteiger partial charge in [0.1, 0.15) is 0 Å². The SMILES string of the molecule is COC(=O)/C=C/C1=CN(C)[C@H]2c3c(n(C)c4ccccc34)C(=O)C[C@@H]1C2[Se]c1ccccc1. The Morgan fingerprint density at radius 3 is 2.58 bits per heavy atom. The van der Waals surface area contributed by atoms with Crippen molar-refractivity contribution in [3.05, 3.63) is 89.8 Å². The van der Waals surface area contributed by atoms with Gasteiger partial charge in [0.15, 0.2) is 0 Å². The van der Waals surface area contributed by atoms with Gasteiger partial charge in [0.2, 0.25) is 0 Å². The molecule has 168 valence electrons. The number of methoxy groups -OCH3 is 1. The Hall–Kier alpha value is -3.08. The monoisotopic (exact) mass is 506 g/mol. The normalized spacial score (nSPS) is 22.3. The predicted molar refractivity (Wildman–Crippen MR) is 131 cm³/mol. The Morgan fingerprint density at radius 1 is 1.09 bits per heavy atom. The van der Waals surface area contributed by atoms with Gasteiger partial charge in [-0.2, -0.15) is 0 Å². The van der Waals surface area contributed by atoms with Crippen molar-refractivity contribution in [2.75, 3.05) is 14.2 Å². The number of aryl methyl sites for hydroxylation is 1. The van der Waals surface area contributed by atoms with Gasteiger partial charge in [0.25, 0.3) is 0 Å². The van der Waals surface area contributed by atoms with Crippen molar-refractivity contribution in [2.24, 2.45) is 13.0 Å². The van der Waals surface area contributed by atoms with Gasteiger partial charge >= 0.3 is 200 Å². The fraction of sp³-hybridized carbons (Fsp3) is 0.259. The van der Waals surface area contributed by atoms with Crippen LogP contribution in [0.2, 0.25) is 4.82 Å². The number of para-hydroxylation sites is 1. The van der Waals surface area contributed by atoms with E-state index in [2.05, 4.69) is 65.2 Å². The number of allylic oxidation sites excluding steroid dienone is 2. The quantitative estimate of drug-likeness (QED) is 0.308. The number of rotatable bonds is 4. The van der Waals surface area contributed by atoms with Crippen molar-refractivity contribution in [3.63, 3.8) is 0 Å². The number of esters is 1. The minimum atomic E-state index is -0.389. The molecule has 0 saturated heterocycles. The van der Waals surface area contributed by atoms with E-state index in [-0.39, 0.29) is 43.5 Å². The zero-order chi connectivity index (χ0) is 23.1. The van der Waals surface area contributed by atoms with Crippen LogP contribution in [0, 0.1) is 5.92 Å². The van der Waals surface area contributed by atoms with Crippen molar-refractivity contribution in [1.82, 2.24) is 9.47 Å². The second-order valence-corrected chi connectivity index (χ2v) is 11.2. The number of hydrogen-bond acceptors (Lipinski definition) is 4. The molecule has 1 aromatic heterocycles. The molecule has 0 spiro atoms. The molecule has 2 heterocycles. The van der Waals surface area contributed by atoms with Crippen LogP contribution in [-0.4, -0.2) is 50.3 Å². The Morgan fingerprint density at radius 2 is 1.82 bits per heavy atom. The van der Waals surface area contributed by atoms with Crippen molar-refractivity contribution in [2.45, 2.75) is 17.3 Å². The summed E-state index contributed by atoms with van der Waals surface area (Å²) in [7, 11) is 5.46. The van der Waals surface area contributed by atoms with Crippen LogP contribution >= 0.6 is 0 Å². The Kier molecular flexibility index (Phi) is 5.73. The molecular weight excluding hydrogens is 479 g/mol. The first kappa shape index (κ1) is 21.7. The number of carbonyl (C=O) groups excluding carboxylic acids is 2. The maximum atomic E-state index is 13.7. The van der Waals surface area contributed by atoms with E-state index >= 15 is 0 Å². The summed E-state index contributed by atoms with van der Waals surface area (Å²) in [4.78, 5) is 28.0. The van der Waals surface area contributed by atoms with E-state index < -0.39 is 0 Å². The first-order valence-corrected chi connectivity index (χ1v) is 12.9. The van der Waals surface area contributed by atoms with Crippen molar-refractivity contribution >= 4 is 42.1 Å². The van der Waals surface area contributed by atoms with Gasteiger partial charge < -0.3 is 0 Å². The second-order valence-electron chi connectivity index (χ2n) is 8.56. The summed E-state index contributed by atoms with van der Waals surface area (Å²) < 4.78 is 8.19. The molecule has 0 radical (unpaired) electrons. The van der Waals surface area contributed by atoms with Crippen LogP contribution in [0.1, 0.15) is 28.5 Å². The molecule has 2 bridgehead atoms. The summed E-state index contributed by atoms with van der Waals surface area (Å²) >= 11 is 0.127. The van der Waals surface area contributed by atoms with Gasteiger partial charge in [-0.1, -0.05) is 0 Å². The van der Waals surface area contributed by atoms with E-state index in [1.165, 1.54) is 17.6 Å². The minimum absolute atomic E-state index is 0.0333. The summed E-state index contributed by atoms with van der Waals surface area (Å²) in [5.41, 5.74) is 4.05. The van der Waals surface area contributed by atoms with Gasteiger partial charge in [-0.15, -0.1) is 0 Å². The number of hydrogen-bond donors (Lipinski definition) is 0. The molecule has 5 rings (SSSR count). The molecule has 3 atom stereocenters. The van der Waals surface area contributed by atoms with Crippen LogP contribution in [0.25, 0.3) is 10.9 Å². The molecule has 1 unspecified atom stereocenters. The van der Waals surface area contributed by atoms with E-state index in [1.54, 1.807) is 0 Å². The molecule has 5 nitrogen and oxygen atoms in total. The number of nitrogens with zero attached hydrogens (tertiary/aromatic N) is 2. The molecule has 0 saturated carbocycles. The molecule has 3 aromatic rings. The summed E-state index contributed by atoms with van der Waals surface area (Å²) in [6.07, 6.45) is 5.83. The van der Waals surface area contributed by atoms with Crippen molar-refractivity contribution in [1.29, 1.82) is 0 Å². The first-order valence-electron chi connectivity index (χ1n) is 11.0. The van der Waals surface area contributed by atoms with Gasteiger partial charge in [0, 0.05) is 0 Å². The molecule has 0 N–H and O–H groups in total. The van der Waals surface area contributed by atoms with Crippen LogP contribution in [0.5, 0.6) is 0 Å². The topological polar surface area (TPSA) is 51.5 Å². The molecular formula is C27H26N2O3Se. The Labute approximate surface area is 199 Å². The molecule has 1 aliphatic carbocycles. The third kappa shape index (κ3) is 3.73. The Bertz CT molecular complexity index is 1290. The number of Topliss-reactive ketones (excluding diaryl/α,β-unsaturated/α-hetero) is 1. The molecule has 33 heavy (non-hydrogen) atoms. The fourth-order valence-corrected chi connectivity index (χ4v) is 8.37. The molecule has 2 aliphatic rings. The van der Waals surface area contributed by atoms with Crippen LogP contribution < -0.4 is 4.46 Å². The van der Waals surface area contributed by atoms with E-state index in [0.717, 1.165) is 27.7 Å². The third-order valence-corrected chi connectivity index (χ3v) is 9.61. The van der Waals surface area contributed by atoms with Gasteiger partial charge in [-0.25, -0.2) is 0 Å². The second kappa shape index (κ2) is 8.69. The van der Waals surface area contributed by atoms with Gasteiger partial charge in [-0.05, 0) is 0 Å². The zero-order valence-electron chi connectivity index (χ0n) is 18.9. The maximum absolute atomic E-state index is 13.7. The number of ether oxygens (including phenoxy) is 1. The fourth-order valence-electron chi connectivity index (χ4n) is 5.21.